The first-order valence-corrected chi connectivity index (χ1v) is 7.02. The number of carbonyl (C=O) groups is 1. The van der Waals surface area contributed by atoms with Crippen LogP contribution in [0.5, 0.6) is 5.75 Å². The fraction of sp³-hybridized carbons (Fsp3) is 0. The van der Waals surface area contributed by atoms with Gasteiger partial charge >= 0.3 is 6.09 Å². The minimum absolute atomic E-state index is 0.405. The molecule has 2 aromatic heterocycles. The molecule has 0 spiro atoms. The summed E-state index contributed by atoms with van der Waals surface area (Å²) in [6, 6.07) is 16.9. The van der Waals surface area contributed by atoms with Gasteiger partial charge in [-0.05, 0) is 48.0 Å². The van der Waals surface area contributed by atoms with Crippen LogP contribution in [0.2, 0.25) is 0 Å². The van der Waals surface area contributed by atoms with Crippen molar-refractivity contribution in [3.63, 3.8) is 0 Å². The SMILES string of the molecule is NC(=O)Oc1ccc(-c2ccnc3nc4ccccc4n23)cc1. The summed E-state index contributed by atoms with van der Waals surface area (Å²) in [5, 5.41) is 0. The van der Waals surface area contributed by atoms with Crippen molar-refractivity contribution in [3.8, 4) is 17.0 Å². The maximum atomic E-state index is 10.8. The van der Waals surface area contributed by atoms with Gasteiger partial charge in [0, 0.05) is 6.20 Å². The number of nitrogens with two attached hydrogens (primary N) is 1. The molecule has 4 rings (SSSR count). The fourth-order valence-corrected chi connectivity index (χ4v) is 2.62. The van der Waals surface area contributed by atoms with Gasteiger partial charge in [-0.1, -0.05) is 12.1 Å². The maximum absolute atomic E-state index is 10.8. The standard InChI is InChI=1S/C17H12N4O2/c18-16(22)23-12-7-5-11(6-8-12)14-9-10-19-17-20-13-3-1-2-4-15(13)21(14)17/h1-10H,(H2,18,22). The summed E-state index contributed by atoms with van der Waals surface area (Å²) in [6.07, 6.45) is 0.898. The predicted octanol–water partition coefficient (Wildman–Crippen LogP) is 3.01. The molecule has 112 valence electrons. The van der Waals surface area contributed by atoms with Crippen molar-refractivity contribution in [2.45, 2.75) is 0 Å². The lowest BCUT2D eigenvalue weighted by Crippen LogP contribution is -2.16. The Kier molecular flexibility index (Phi) is 2.94. The molecule has 0 fully saturated rings. The number of carbonyl (C=O) groups excluding carboxylic acids is 1. The number of amides is 1. The Morgan fingerprint density at radius 1 is 1.04 bits per heavy atom. The summed E-state index contributed by atoms with van der Waals surface area (Å²) in [6.45, 7) is 0. The van der Waals surface area contributed by atoms with E-state index in [1.807, 2.05) is 46.9 Å². The molecule has 0 bridgehead atoms. The zero-order chi connectivity index (χ0) is 15.8. The van der Waals surface area contributed by atoms with E-state index in [2.05, 4.69) is 9.97 Å². The first kappa shape index (κ1) is 13.3. The molecule has 0 aliphatic heterocycles. The highest BCUT2D eigenvalue weighted by Crippen LogP contribution is 2.26. The van der Waals surface area contributed by atoms with E-state index in [-0.39, 0.29) is 0 Å². The van der Waals surface area contributed by atoms with Gasteiger partial charge in [-0.15, -0.1) is 0 Å². The third-order valence-corrected chi connectivity index (χ3v) is 3.57. The molecule has 0 saturated carbocycles. The van der Waals surface area contributed by atoms with E-state index in [0.717, 1.165) is 22.3 Å². The van der Waals surface area contributed by atoms with Crippen molar-refractivity contribution in [2.75, 3.05) is 0 Å². The normalized spacial score (nSPS) is 11.0. The number of benzene rings is 2. The second kappa shape index (κ2) is 5.10. The second-order valence-corrected chi connectivity index (χ2v) is 5.01. The van der Waals surface area contributed by atoms with Crippen LogP contribution in [-0.2, 0) is 0 Å². The lowest BCUT2D eigenvalue weighted by atomic mass is 10.1. The van der Waals surface area contributed by atoms with Crippen molar-refractivity contribution in [1.82, 2.24) is 14.4 Å². The minimum atomic E-state index is -0.829. The molecule has 0 saturated heterocycles. The predicted molar refractivity (Wildman–Crippen MR) is 86.1 cm³/mol. The molecule has 4 aromatic rings. The summed E-state index contributed by atoms with van der Waals surface area (Å²) in [5.74, 6) is 1.04. The third kappa shape index (κ3) is 2.26. The number of hydrogen-bond acceptors (Lipinski definition) is 4. The number of para-hydroxylation sites is 2. The highest BCUT2D eigenvalue weighted by molar-refractivity contribution is 5.82. The van der Waals surface area contributed by atoms with Crippen LogP contribution in [0, 0.1) is 0 Å². The minimum Gasteiger partial charge on any atom is -0.411 e. The molecule has 0 unspecified atom stereocenters. The Hall–Kier alpha value is -3.41. The number of nitrogens with zero attached hydrogens (tertiary/aromatic N) is 3. The number of fused-ring (bicyclic) bond motifs is 3. The van der Waals surface area contributed by atoms with Crippen LogP contribution in [0.25, 0.3) is 28.1 Å². The van der Waals surface area contributed by atoms with Crippen LogP contribution < -0.4 is 10.5 Å². The lowest BCUT2D eigenvalue weighted by Gasteiger charge is -2.07. The largest absolute Gasteiger partial charge is 0.411 e. The lowest BCUT2D eigenvalue weighted by molar-refractivity contribution is 0.211. The summed E-state index contributed by atoms with van der Waals surface area (Å²) < 4.78 is 6.85. The van der Waals surface area contributed by atoms with Gasteiger partial charge in [0.2, 0.25) is 5.78 Å². The monoisotopic (exact) mass is 304 g/mol. The Labute approximate surface area is 131 Å². The molecule has 2 N–H and O–H groups in total. The van der Waals surface area contributed by atoms with Gasteiger partial charge in [0.15, 0.2) is 0 Å². The summed E-state index contributed by atoms with van der Waals surface area (Å²) >= 11 is 0. The van der Waals surface area contributed by atoms with Gasteiger partial charge in [-0.2, -0.15) is 0 Å². The fourth-order valence-electron chi connectivity index (χ4n) is 2.62. The quantitative estimate of drug-likeness (QED) is 0.617. The smallest absolute Gasteiger partial charge is 0.409 e. The van der Waals surface area contributed by atoms with E-state index < -0.39 is 6.09 Å². The second-order valence-electron chi connectivity index (χ2n) is 5.01. The van der Waals surface area contributed by atoms with Crippen LogP contribution in [0.4, 0.5) is 4.79 Å². The van der Waals surface area contributed by atoms with Gasteiger partial charge in [0.05, 0.1) is 16.7 Å². The van der Waals surface area contributed by atoms with Crippen LogP contribution in [0.3, 0.4) is 0 Å². The molecule has 6 nitrogen and oxygen atoms in total. The van der Waals surface area contributed by atoms with Crippen molar-refractivity contribution in [3.05, 3.63) is 60.8 Å². The Morgan fingerprint density at radius 2 is 1.83 bits per heavy atom. The van der Waals surface area contributed by atoms with E-state index >= 15 is 0 Å². The van der Waals surface area contributed by atoms with E-state index in [1.54, 1.807) is 18.3 Å². The average molecular weight is 304 g/mol. The van der Waals surface area contributed by atoms with Crippen LogP contribution >= 0.6 is 0 Å². The van der Waals surface area contributed by atoms with Crippen LogP contribution in [-0.4, -0.2) is 20.5 Å². The van der Waals surface area contributed by atoms with E-state index in [0.29, 0.717) is 11.5 Å². The van der Waals surface area contributed by atoms with Gasteiger partial charge in [0.1, 0.15) is 5.75 Å². The summed E-state index contributed by atoms with van der Waals surface area (Å²) in [5.41, 5.74) is 8.80. The highest BCUT2D eigenvalue weighted by atomic mass is 16.5. The highest BCUT2D eigenvalue weighted by Gasteiger charge is 2.10. The molecule has 2 aromatic carbocycles. The molecule has 23 heavy (non-hydrogen) atoms. The molecule has 2 heterocycles. The maximum Gasteiger partial charge on any atom is 0.409 e. The molecule has 0 atom stereocenters. The molecular formula is C17H12N4O2. The average Bonchev–Trinajstić information content (AvgIpc) is 2.93. The van der Waals surface area contributed by atoms with E-state index in [1.165, 1.54) is 0 Å². The molecular weight excluding hydrogens is 292 g/mol. The number of imidazole rings is 1. The summed E-state index contributed by atoms with van der Waals surface area (Å²) in [7, 11) is 0. The number of primary amides is 1. The van der Waals surface area contributed by atoms with E-state index in [4.69, 9.17) is 10.5 Å². The van der Waals surface area contributed by atoms with Gasteiger partial charge in [-0.3, -0.25) is 4.40 Å². The van der Waals surface area contributed by atoms with E-state index in [9.17, 15) is 4.79 Å². The first-order valence-electron chi connectivity index (χ1n) is 7.02. The zero-order valence-electron chi connectivity index (χ0n) is 12.0. The number of ether oxygens (including phenoxy) is 1. The molecule has 0 aliphatic rings. The Bertz CT molecular complexity index is 1020. The number of hydrogen-bond donors (Lipinski definition) is 1. The van der Waals surface area contributed by atoms with Gasteiger partial charge in [-0.25, -0.2) is 14.8 Å². The molecule has 6 heteroatoms. The summed E-state index contributed by atoms with van der Waals surface area (Å²) in [4.78, 5) is 19.6. The zero-order valence-corrected chi connectivity index (χ0v) is 12.0. The van der Waals surface area contributed by atoms with Gasteiger partial charge < -0.3 is 10.5 Å². The third-order valence-electron chi connectivity index (χ3n) is 3.57. The molecule has 0 aliphatic carbocycles. The molecule has 1 amide bonds. The number of rotatable bonds is 2. The Balaban J connectivity index is 1.90. The van der Waals surface area contributed by atoms with Crippen molar-refractivity contribution in [1.29, 1.82) is 0 Å². The van der Waals surface area contributed by atoms with Crippen molar-refractivity contribution < 1.29 is 9.53 Å². The number of aromatic nitrogens is 3. The first-order chi connectivity index (χ1) is 11.2. The van der Waals surface area contributed by atoms with Crippen LogP contribution in [0.15, 0.2) is 60.8 Å². The topological polar surface area (TPSA) is 82.5 Å². The van der Waals surface area contributed by atoms with Crippen LogP contribution in [0.1, 0.15) is 0 Å². The van der Waals surface area contributed by atoms with Crippen molar-refractivity contribution in [2.24, 2.45) is 5.73 Å². The van der Waals surface area contributed by atoms with Gasteiger partial charge in [0.25, 0.3) is 0 Å². The van der Waals surface area contributed by atoms with Crippen molar-refractivity contribution >= 4 is 22.9 Å². The molecule has 0 radical (unpaired) electrons. The Morgan fingerprint density at radius 3 is 2.61 bits per heavy atom.